The smallest absolute Gasteiger partial charge is 0.326 e. The monoisotopic (exact) mass is 346 g/mol. The van der Waals surface area contributed by atoms with Crippen LogP contribution in [0.3, 0.4) is 0 Å². The first-order chi connectivity index (χ1) is 10.5. The van der Waals surface area contributed by atoms with Crippen LogP contribution in [0.1, 0.15) is 40.5 Å². The summed E-state index contributed by atoms with van der Waals surface area (Å²) in [5.74, 6) is -2.64. The maximum Gasteiger partial charge on any atom is 0.326 e. The van der Waals surface area contributed by atoms with E-state index in [9.17, 15) is 27.9 Å². The number of nitrogens with zero attached hydrogens (tertiary/aromatic N) is 1. The minimum absolute atomic E-state index is 0.122. The predicted octanol–water partition coefficient (Wildman–Crippen LogP) is -0.264. The summed E-state index contributed by atoms with van der Waals surface area (Å²) in [6.07, 6.45) is 0.415. The Morgan fingerprint density at radius 1 is 1.43 bits per heavy atom. The third kappa shape index (κ3) is 2.41. The molecule has 0 aromatic heterocycles. The molecule has 2 aliphatic heterocycles. The predicted molar refractivity (Wildman–Crippen MR) is 81.1 cm³/mol. The number of carbonyl (C=O) groups is 3. The van der Waals surface area contributed by atoms with E-state index in [4.69, 9.17) is 0 Å². The molecule has 0 aromatic rings. The SMILES string of the molecule is CC[C@H](C)[C@H](NC(=O)[C@@H]1N2C(=O)C[C@@H]2S(=O)(=O)C1(C)C)C(=O)O. The molecule has 0 radical (unpaired) electrons. The van der Waals surface area contributed by atoms with E-state index in [1.165, 1.54) is 13.8 Å². The van der Waals surface area contributed by atoms with Gasteiger partial charge in [0.2, 0.25) is 11.8 Å². The van der Waals surface area contributed by atoms with Crippen molar-refractivity contribution in [1.29, 1.82) is 0 Å². The van der Waals surface area contributed by atoms with E-state index in [2.05, 4.69) is 5.32 Å². The van der Waals surface area contributed by atoms with Gasteiger partial charge in [0, 0.05) is 0 Å². The van der Waals surface area contributed by atoms with E-state index in [-0.39, 0.29) is 12.3 Å². The second-order valence-electron chi connectivity index (χ2n) is 6.72. The van der Waals surface area contributed by atoms with Gasteiger partial charge in [-0.1, -0.05) is 20.3 Å². The first-order valence-electron chi connectivity index (χ1n) is 7.54. The van der Waals surface area contributed by atoms with Crippen LogP contribution in [0, 0.1) is 5.92 Å². The first-order valence-corrected chi connectivity index (χ1v) is 9.09. The molecule has 2 amide bonds. The molecule has 0 aromatic carbocycles. The highest BCUT2D eigenvalue weighted by Crippen LogP contribution is 2.45. The zero-order chi connectivity index (χ0) is 17.7. The van der Waals surface area contributed by atoms with E-state index in [1.54, 1.807) is 13.8 Å². The van der Waals surface area contributed by atoms with Crippen LogP contribution >= 0.6 is 0 Å². The van der Waals surface area contributed by atoms with Crippen LogP contribution in [-0.2, 0) is 24.2 Å². The molecule has 2 N–H and O–H groups in total. The number of nitrogens with one attached hydrogen (secondary N) is 1. The lowest BCUT2D eigenvalue weighted by Crippen LogP contribution is -2.61. The molecular formula is C14H22N2O6S. The second-order valence-corrected chi connectivity index (χ2v) is 9.41. The number of sulfone groups is 1. The van der Waals surface area contributed by atoms with Crippen molar-refractivity contribution < 1.29 is 27.9 Å². The highest BCUT2D eigenvalue weighted by Gasteiger charge is 2.67. The molecule has 2 rings (SSSR count). The van der Waals surface area contributed by atoms with Crippen LogP contribution in [0.2, 0.25) is 0 Å². The van der Waals surface area contributed by atoms with Gasteiger partial charge >= 0.3 is 5.97 Å². The molecule has 0 unspecified atom stereocenters. The third-order valence-electron chi connectivity index (χ3n) is 5.00. The van der Waals surface area contributed by atoms with E-state index < -0.39 is 49.8 Å². The van der Waals surface area contributed by atoms with Crippen molar-refractivity contribution in [3.63, 3.8) is 0 Å². The fraction of sp³-hybridized carbons (Fsp3) is 0.786. The number of fused-ring (bicyclic) bond motifs is 1. The highest BCUT2D eigenvalue weighted by molar-refractivity contribution is 7.93. The molecule has 4 atom stereocenters. The van der Waals surface area contributed by atoms with E-state index in [1.807, 2.05) is 0 Å². The van der Waals surface area contributed by atoms with Crippen molar-refractivity contribution in [3.8, 4) is 0 Å². The van der Waals surface area contributed by atoms with Gasteiger partial charge in [-0.2, -0.15) is 0 Å². The van der Waals surface area contributed by atoms with Gasteiger partial charge in [0.15, 0.2) is 9.84 Å². The van der Waals surface area contributed by atoms with Crippen LogP contribution in [0.15, 0.2) is 0 Å². The first kappa shape index (κ1) is 17.7. The molecule has 23 heavy (non-hydrogen) atoms. The molecule has 2 fully saturated rings. The quantitative estimate of drug-likeness (QED) is 0.661. The van der Waals surface area contributed by atoms with Gasteiger partial charge in [-0.25, -0.2) is 13.2 Å². The third-order valence-corrected chi connectivity index (χ3v) is 7.80. The molecule has 0 spiro atoms. The van der Waals surface area contributed by atoms with Crippen molar-refractivity contribution in [3.05, 3.63) is 0 Å². The molecular weight excluding hydrogens is 324 g/mol. The fourth-order valence-corrected chi connectivity index (χ4v) is 5.30. The molecule has 8 nitrogen and oxygen atoms in total. The Bertz CT molecular complexity index is 656. The van der Waals surface area contributed by atoms with Gasteiger partial charge in [0.1, 0.15) is 17.5 Å². The summed E-state index contributed by atoms with van der Waals surface area (Å²) in [6.45, 7) is 6.29. The lowest BCUT2D eigenvalue weighted by Gasteiger charge is -2.37. The molecule has 2 heterocycles. The van der Waals surface area contributed by atoms with Crippen LogP contribution in [-0.4, -0.2) is 58.4 Å². The van der Waals surface area contributed by atoms with Crippen molar-refractivity contribution in [2.24, 2.45) is 5.92 Å². The number of rotatable bonds is 5. The number of β-lactam (4-membered cyclic amide) rings is 1. The van der Waals surface area contributed by atoms with Crippen LogP contribution in [0.4, 0.5) is 0 Å². The summed E-state index contributed by atoms with van der Waals surface area (Å²) in [7, 11) is -3.68. The van der Waals surface area contributed by atoms with Gasteiger partial charge < -0.3 is 15.3 Å². The summed E-state index contributed by atoms with van der Waals surface area (Å²) in [5.41, 5.74) is 0. The van der Waals surface area contributed by atoms with E-state index >= 15 is 0 Å². The largest absolute Gasteiger partial charge is 0.480 e. The minimum Gasteiger partial charge on any atom is -0.480 e. The molecule has 9 heteroatoms. The zero-order valence-electron chi connectivity index (χ0n) is 13.6. The van der Waals surface area contributed by atoms with Crippen molar-refractivity contribution in [2.75, 3.05) is 0 Å². The standard InChI is InChI=1S/C14H22N2O6S/c1-5-7(2)10(13(19)20)15-12(18)11-14(3,4)23(21,22)9-6-8(17)16(9)11/h7,9-11H,5-6H2,1-4H3,(H,15,18)(H,19,20)/t7-,9-,10-,11-/m0/s1. The molecule has 0 bridgehead atoms. The van der Waals surface area contributed by atoms with Crippen LogP contribution in [0.5, 0.6) is 0 Å². The fourth-order valence-electron chi connectivity index (χ4n) is 3.17. The molecule has 0 saturated carbocycles. The lowest BCUT2D eigenvalue weighted by molar-refractivity contribution is -0.151. The Morgan fingerprint density at radius 3 is 2.43 bits per heavy atom. The molecule has 2 aliphatic rings. The molecule has 0 aliphatic carbocycles. The number of carbonyl (C=O) groups excluding carboxylic acids is 2. The average Bonchev–Trinajstić information content (AvgIpc) is 2.57. The topological polar surface area (TPSA) is 121 Å². The summed E-state index contributed by atoms with van der Waals surface area (Å²) < 4.78 is 23.5. The van der Waals surface area contributed by atoms with E-state index in [0.29, 0.717) is 6.42 Å². The number of amides is 2. The Kier molecular flexibility index (Phi) is 4.21. The number of hydrogen-bond donors (Lipinski definition) is 2. The highest BCUT2D eigenvalue weighted by atomic mass is 32.2. The van der Waals surface area contributed by atoms with E-state index in [0.717, 1.165) is 4.90 Å². The average molecular weight is 346 g/mol. The summed E-state index contributed by atoms with van der Waals surface area (Å²) in [4.78, 5) is 36.8. The second kappa shape index (κ2) is 5.47. The Balaban J connectivity index is 2.31. The van der Waals surface area contributed by atoms with Crippen LogP contribution in [0.25, 0.3) is 0 Å². The number of aliphatic carboxylic acids is 1. The number of hydrogen-bond acceptors (Lipinski definition) is 5. The van der Waals surface area contributed by atoms with Crippen LogP contribution < -0.4 is 5.32 Å². The molecule has 2 saturated heterocycles. The number of carboxylic acid groups (broad SMARTS) is 1. The Hall–Kier alpha value is -1.64. The maximum atomic E-state index is 12.6. The van der Waals surface area contributed by atoms with Gasteiger partial charge in [-0.15, -0.1) is 0 Å². The lowest BCUT2D eigenvalue weighted by atomic mass is 9.95. The van der Waals surface area contributed by atoms with Crippen molar-refractivity contribution in [1.82, 2.24) is 10.2 Å². The zero-order valence-corrected chi connectivity index (χ0v) is 14.4. The maximum absolute atomic E-state index is 12.6. The summed E-state index contributed by atoms with van der Waals surface area (Å²) in [5, 5.41) is 10.7. The van der Waals surface area contributed by atoms with Crippen molar-refractivity contribution in [2.45, 2.75) is 62.7 Å². The summed E-state index contributed by atoms with van der Waals surface area (Å²) >= 11 is 0. The van der Waals surface area contributed by atoms with Gasteiger partial charge in [-0.3, -0.25) is 9.59 Å². The molecule has 130 valence electrons. The van der Waals surface area contributed by atoms with Crippen molar-refractivity contribution >= 4 is 27.6 Å². The Labute approximate surface area is 135 Å². The van der Waals surface area contributed by atoms with Gasteiger partial charge in [-0.05, 0) is 19.8 Å². The summed E-state index contributed by atoms with van der Waals surface area (Å²) in [6, 6.07) is -2.33. The Morgan fingerprint density at radius 2 is 2.00 bits per heavy atom. The minimum atomic E-state index is -3.68. The van der Waals surface area contributed by atoms with Gasteiger partial charge in [0.05, 0.1) is 11.2 Å². The normalized spacial score (nSPS) is 30.1. The number of carboxylic acids is 1. The van der Waals surface area contributed by atoms with Gasteiger partial charge in [0.25, 0.3) is 0 Å².